The molecule has 0 aromatic heterocycles. The topological polar surface area (TPSA) is 64.3 Å². The van der Waals surface area contributed by atoms with Gasteiger partial charge in [-0.1, -0.05) is 42.5 Å². The van der Waals surface area contributed by atoms with Crippen LogP contribution >= 0.6 is 0 Å². The first-order valence-electron chi connectivity index (χ1n) is 8.19. The van der Waals surface area contributed by atoms with Crippen LogP contribution in [-0.4, -0.2) is 5.78 Å². The van der Waals surface area contributed by atoms with E-state index in [1.807, 2.05) is 66.7 Å². The summed E-state index contributed by atoms with van der Waals surface area (Å²) >= 11 is 0. The molecule has 4 nitrogen and oxygen atoms in total. The lowest BCUT2D eigenvalue weighted by Crippen LogP contribution is -2.05. The molecule has 0 saturated heterocycles. The zero-order chi connectivity index (χ0) is 17.2. The summed E-state index contributed by atoms with van der Waals surface area (Å²) in [5.74, 6) is 0.606. The fourth-order valence-electron chi connectivity index (χ4n) is 3.00. The number of nitrogens with one attached hydrogen (secondary N) is 1. The molecule has 3 aromatic carbocycles. The maximum absolute atomic E-state index is 12.7. The third-order valence-corrected chi connectivity index (χ3v) is 4.41. The Balaban J connectivity index is 1.59. The number of fused-ring (bicyclic) bond motifs is 2. The molecule has 1 aliphatic heterocycles. The number of carbonyl (C=O) groups excluding carboxylic acids is 1. The number of ether oxygens (including phenoxy) is 1. The molecule has 3 N–H and O–H groups in total. The molecular formula is C21H18N2O2. The summed E-state index contributed by atoms with van der Waals surface area (Å²) in [6, 6.07) is 20.9. The first-order valence-corrected chi connectivity index (χ1v) is 8.19. The summed E-state index contributed by atoms with van der Waals surface area (Å²) < 4.78 is 5.88. The molecule has 1 heterocycles. The van der Waals surface area contributed by atoms with Crippen LogP contribution in [0.5, 0.6) is 5.75 Å². The predicted octanol–water partition coefficient (Wildman–Crippen LogP) is 4.00. The van der Waals surface area contributed by atoms with Gasteiger partial charge in [-0.25, -0.2) is 0 Å². The Morgan fingerprint density at radius 2 is 1.76 bits per heavy atom. The highest BCUT2D eigenvalue weighted by Crippen LogP contribution is 2.31. The van der Waals surface area contributed by atoms with Gasteiger partial charge < -0.3 is 15.8 Å². The van der Waals surface area contributed by atoms with Crippen LogP contribution in [-0.2, 0) is 13.2 Å². The zero-order valence-electron chi connectivity index (χ0n) is 13.7. The predicted molar refractivity (Wildman–Crippen MR) is 98.8 cm³/mol. The van der Waals surface area contributed by atoms with Crippen molar-refractivity contribution < 1.29 is 9.53 Å². The molecule has 0 bridgehead atoms. The van der Waals surface area contributed by atoms with E-state index in [-0.39, 0.29) is 5.78 Å². The van der Waals surface area contributed by atoms with Crippen LogP contribution in [0.1, 0.15) is 27.0 Å². The largest absolute Gasteiger partial charge is 0.488 e. The fourth-order valence-corrected chi connectivity index (χ4v) is 3.00. The Bertz CT molecular complexity index is 950. The van der Waals surface area contributed by atoms with Crippen LogP contribution in [0.3, 0.4) is 0 Å². The van der Waals surface area contributed by atoms with Crippen molar-refractivity contribution >= 4 is 17.2 Å². The van der Waals surface area contributed by atoms with E-state index >= 15 is 0 Å². The van der Waals surface area contributed by atoms with Crippen LogP contribution in [0.15, 0.2) is 66.7 Å². The Morgan fingerprint density at radius 1 is 0.960 bits per heavy atom. The van der Waals surface area contributed by atoms with Crippen molar-refractivity contribution in [3.05, 3.63) is 89.0 Å². The highest BCUT2D eigenvalue weighted by atomic mass is 16.5. The van der Waals surface area contributed by atoms with Gasteiger partial charge >= 0.3 is 0 Å². The van der Waals surface area contributed by atoms with E-state index in [2.05, 4.69) is 5.32 Å². The van der Waals surface area contributed by atoms with E-state index in [4.69, 9.17) is 10.5 Å². The van der Waals surface area contributed by atoms with Gasteiger partial charge in [-0.3, -0.25) is 4.79 Å². The number of hydrogen-bond acceptors (Lipinski definition) is 4. The number of nitrogen functional groups attached to an aromatic ring is 1. The minimum atomic E-state index is 0.00181. The average molecular weight is 330 g/mol. The average Bonchev–Trinajstić information content (AvgIpc) is 2.78. The van der Waals surface area contributed by atoms with Crippen LogP contribution in [0.4, 0.5) is 11.4 Å². The number of ketones is 1. The van der Waals surface area contributed by atoms with Crippen molar-refractivity contribution in [2.24, 2.45) is 0 Å². The van der Waals surface area contributed by atoms with Gasteiger partial charge in [0.25, 0.3) is 0 Å². The van der Waals surface area contributed by atoms with Crippen molar-refractivity contribution in [2.75, 3.05) is 11.1 Å². The lowest BCUT2D eigenvalue weighted by atomic mass is 9.99. The van der Waals surface area contributed by atoms with Crippen molar-refractivity contribution in [1.29, 1.82) is 0 Å². The molecule has 4 rings (SSSR count). The first kappa shape index (κ1) is 15.3. The Labute approximate surface area is 146 Å². The van der Waals surface area contributed by atoms with Crippen molar-refractivity contribution in [3.63, 3.8) is 0 Å². The molecule has 1 aliphatic rings. The summed E-state index contributed by atoms with van der Waals surface area (Å²) in [5.41, 5.74) is 10.9. The van der Waals surface area contributed by atoms with E-state index in [0.717, 1.165) is 22.5 Å². The normalized spacial score (nSPS) is 12.6. The number of nitrogens with two attached hydrogens (primary N) is 1. The molecule has 0 radical (unpaired) electrons. The number of carbonyl (C=O) groups is 1. The van der Waals surface area contributed by atoms with Crippen molar-refractivity contribution in [3.8, 4) is 5.75 Å². The number of anilines is 2. The molecule has 4 heteroatoms. The lowest BCUT2D eigenvalue weighted by molar-refractivity contribution is 0.103. The van der Waals surface area contributed by atoms with Crippen LogP contribution in [0.25, 0.3) is 0 Å². The summed E-state index contributed by atoms with van der Waals surface area (Å²) in [6.45, 7) is 1.00. The molecule has 0 fully saturated rings. The molecule has 124 valence electrons. The van der Waals surface area contributed by atoms with E-state index in [1.165, 1.54) is 0 Å². The summed E-state index contributed by atoms with van der Waals surface area (Å²) in [7, 11) is 0. The number of hydrogen-bond donors (Lipinski definition) is 2. The Hall–Kier alpha value is -3.27. The van der Waals surface area contributed by atoms with Crippen molar-refractivity contribution in [1.82, 2.24) is 0 Å². The van der Waals surface area contributed by atoms with Gasteiger partial charge in [-0.05, 0) is 23.8 Å². The zero-order valence-corrected chi connectivity index (χ0v) is 13.7. The molecule has 3 aromatic rings. The second-order valence-electron chi connectivity index (χ2n) is 6.04. The molecule has 0 unspecified atom stereocenters. The fraction of sp³-hybridized carbons (Fsp3) is 0.0952. The SMILES string of the molecule is Nc1ccccc1CNc1ccc2c(c1)OCc1ccccc1C2=O. The standard InChI is InChI=1S/C21H18N2O2/c22-19-8-4-2-5-14(19)12-23-16-9-10-18-20(11-16)25-13-15-6-1-3-7-17(15)21(18)24/h1-11,23H,12-13,22H2. The van der Waals surface area contributed by atoms with Gasteiger partial charge in [0.2, 0.25) is 0 Å². The molecular weight excluding hydrogens is 312 g/mol. The van der Waals surface area contributed by atoms with E-state index in [0.29, 0.717) is 30.0 Å². The molecule has 0 saturated carbocycles. The van der Waals surface area contributed by atoms with E-state index in [9.17, 15) is 4.79 Å². The summed E-state index contributed by atoms with van der Waals surface area (Å²) in [5, 5.41) is 3.34. The Morgan fingerprint density at radius 3 is 2.64 bits per heavy atom. The third-order valence-electron chi connectivity index (χ3n) is 4.41. The van der Waals surface area contributed by atoms with Gasteiger partial charge in [-0.15, -0.1) is 0 Å². The van der Waals surface area contributed by atoms with Crippen LogP contribution < -0.4 is 15.8 Å². The third kappa shape index (κ3) is 2.94. The maximum Gasteiger partial charge on any atom is 0.197 e. The minimum absolute atomic E-state index is 0.00181. The molecule has 0 aliphatic carbocycles. The molecule has 25 heavy (non-hydrogen) atoms. The Kier molecular flexibility index (Phi) is 3.86. The van der Waals surface area contributed by atoms with E-state index in [1.54, 1.807) is 0 Å². The maximum atomic E-state index is 12.7. The monoisotopic (exact) mass is 330 g/mol. The minimum Gasteiger partial charge on any atom is -0.488 e. The molecule has 0 amide bonds. The summed E-state index contributed by atoms with van der Waals surface area (Å²) in [4.78, 5) is 12.7. The lowest BCUT2D eigenvalue weighted by Gasteiger charge is -2.12. The summed E-state index contributed by atoms with van der Waals surface area (Å²) in [6.07, 6.45) is 0. The second-order valence-corrected chi connectivity index (χ2v) is 6.04. The number of benzene rings is 3. The van der Waals surface area contributed by atoms with E-state index < -0.39 is 0 Å². The molecule has 0 spiro atoms. The number of rotatable bonds is 3. The smallest absolute Gasteiger partial charge is 0.197 e. The second kappa shape index (κ2) is 6.32. The quantitative estimate of drug-likeness (QED) is 0.712. The van der Waals surface area contributed by atoms with Gasteiger partial charge in [0.15, 0.2) is 5.78 Å². The van der Waals surface area contributed by atoms with Crippen LogP contribution in [0.2, 0.25) is 0 Å². The van der Waals surface area contributed by atoms with Crippen LogP contribution in [0, 0.1) is 0 Å². The van der Waals surface area contributed by atoms with Gasteiger partial charge in [0, 0.05) is 35.1 Å². The van der Waals surface area contributed by atoms with Crippen molar-refractivity contribution in [2.45, 2.75) is 13.2 Å². The molecule has 0 atom stereocenters. The van der Waals surface area contributed by atoms with Gasteiger partial charge in [-0.2, -0.15) is 0 Å². The highest BCUT2D eigenvalue weighted by molar-refractivity contribution is 6.12. The first-order chi connectivity index (χ1) is 12.2. The van der Waals surface area contributed by atoms with Gasteiger partial charge in [0.05, 0.1) is 5.56 Å². The van der Waals surface area contributed by atoms with Gasteiger partial charge in [0.1, 0.15) is 12.4 Å². The number of para-hydroxylation sites is 1. The highest BCUT2D eigenvalue weighted by Gasteiger charge is 2.22.